The van der Waals surface area contributed by atoms with Gasteiger partial charge in [-0.1, -0.05) is 0 Å². The molecule has 2 rings (SSSR count). The van der Waals surface area contributed by atoms with Crippen molar-refractivity contribution in [1.82, 2.24) is 4.57 Å². The third kappa shape index (κ3) is 2.93. The summed E-state index contributed by atoms with van der Waals surface area (Å²) in [5.74, 6) is -1.30. The molecular weight excluding hydrogens is 295 g/mol. The van der Waals surface area contributed by atoms with Crippen molar-refractivity contribution in [3.05, 3.63) is 39.9 Å². The summed E-state index contributed by atoms with van der Waals surface area (Å²) in [5, 5.41) is 9.18. The van der Waals surface area contributed by atoms with Gasteiger partial charge in [-0.2, -0.15) is 0 Å². The fraction of sp³-hybridized carbons (Fsp3) is 0.286. The molecule has 0 radical (unpaired) electrons. The highest BCUT2D eigenvalue weighted by Gasteiger charge is 2.17. The molecule has 5 nitrogen and oxygen atoms in total. The van der Waals surface area contributed by atoms with E-state index < -0.39 is 17.2 Å². The zero-order chi connectivity index (χ0) is 15.6. The third-order valence-corrected chi connectivity index (χ3v) is 4.11. The third-order valence-electron chi connectivity index (χ3n) is 3.05. The molecule has 1 aromatic carbocycles. The summed E-state index contributed by atoms with van der Waals surface area (Å²) in [6.45, 7) is 2.72. The number of rotatable bonds is 5. The molecular formula is C14H15FN2O3S. The van der Waals surface area contributed by atoms with E-state index in [4.69, 9.17) is 10.8 Å². The minimum atomic E-state index is -1.32. The van der Waals surface area contributed by atoms with E-state index in [1.54, 1.807) is 4.57 Å². The normalized spacial score (nSPS) is 11.0. The minimum absolute atomic E-state index is 0.0799. The average molecular weight is 310 g/mol. The average Bonchev–Trinajstić information content (AvgIpc) is 2.45. The molecule has 1 aromatic heterocycles. The first kappa shape index (κ1) is 15.5. The first-order valence-electron chi connectivity index (χ1n) is 6.42. The van der Waals surface area contributed by atoms with E-state index in [2.05, 4.69) is 0 Å². The SMILES string of the molecule is CCn1cc(C(=O)O)c(=O)c2cc(F)cc(SCCN)c21. The second kappa shape index (κ2) is 6.28. The van der Waals surface area contributed by atoms with E-state index in [1.807, 2.05) is 6.92 Å². The molecule has 0 fully saturated rings. The second-order valence-corrected chi connectivity index (χ2v) is 5.54. The molecule has 0 saturated carbocycles. The maximum Gasteiger partial charge on any atom is 0.341 e. The van der Waals surface area contributed by atoms with Crippen LogP contribution in [-0.4, -0.2) is 27.9 Å². The van der Waals surface area contributed by atoms with Crippen LogP contribution >= 0.6 is 11.8 Å². The van der Waals surface area contributed by atoms with Gasteiger partial charge in [-0.05, 0) is 19.1 Å². The van der Waals surface area contributed by atoms with Crippen LogP contribution in [0.15, 0.2) is 28.0 Å². The highest BCUT2D eigenvalue weighted by molar-refractivity contribution is 7.99. The number of aryl methyl sites for hydroxylation is 1. The molecule has 0 aliphatic heterocycles. The van der Waals surface area contributed by atoms with Crippen molar-refractivity contribution in [2.75, 3.05) is 12.3 Å². The molecule has 7 heteroatoms. The van der Waals surface area contributed by atoms with Crippen LogP contribution in [0.4, 0.5) is 4.39 Å². The molecule has 0 spiro atoms. The summed E-state index contributed by atoms with van der Waals surface area (Å²) >= 11 is 1.34. The predicted octanol–water partition coefficient (Wildman–Crippen LogP) is 1.91. The highest BCUT2D eigenvalue weighted by atomic mass is 32.2. The fourth-order valence-corrected chi connectivity index (χ4v) is 3.05. The van der Waals surface area contributed by atoms with E-state index >= 15 is 0 Å². The number of nitrogens with two attached hydrogens (primary N) is 1. The Hall–Kier alpha value is -1.86. The molecule has 0 amide bonds. The van der Waals surface area contributed by atoms with Gasteiger partial charge in [-0.15, -0.1) is 11.8 Å². The van der Waals surface area contributed by atoms with Crippen LogP contribution < -0.4 is 11.2 Å². The van der Waals surface area contributed by atoms with E-state index in [-0.39, 0.29) is 10.9 Å². The van der Waals surface area contributed by atoms with E-state index in [1.165, 1.54) is 24.0 Å². The number of fused-ring (bicyclic) bond motifs is 1. The fourth-order valence-electron chi connectivity index (χ4n) is 2.15. The number of thioether (sulfide) groups is 1. The Bertz CT molecular complexity index is 758. The van der Waals surface area contributed by atoms with Crippen LogP contribution in [0.5, 0.6) is 0 Å². The van der Waals surface area contributed by atoms with E-state index in [9.17, 15) is 14.0 Å². The summed E-state index contributed by atoms with van der Waals surface area (Å²) in [7, 11) is 0. The van der Waals surface area contributed by atoms with Gasteiger partial charge in [-0.3, -0.25) is 4.79 Å². The van der Waals surface area contributed by atoms with Gasteiger partial charge in [0.25, 0.3) is 0 Å². The monoisotopic (exact) mass is 310 g/mol. The number of pyridine rings is 1. The van der Waals surface area contributed by atoms with E-state index in [0.29, 0.717) is 29.3 Å². The number of benzene rings is 1. The summed E-state index contributed by atoms with van der Waals surface area (Å²) in [6.07, 6.45) is 1.30. The van der Waals surface area contributed by atoms with Crippen LogP contribution in [0.3, 0.4) is 0 Å². The van der Waals surface area contributed by atoms with Crippen molar-refractivity contribution in [2.45, 2.75) is 18.4 Å². The van der Waals surface area contributed by atoms with Crippen molar-refractivity contribution in [3.8, 4) is 0 Å². The first-order valence-corrected chi connectivity index (χ1v) is 7.41. The van der Waals surface area contributed by atoms with Gasteiger partial charge in [0.15, 0.2) is 0 Å². The maximum atomic E-state index is 13.7. The highest BCUT2D eigenvalue weighted by Crippen LogP contribution is 2.28. The maximum absolute atomic E-state index is 13.7. The Kier molecular flexibility index (Phi) is 4.64. The molecule has 0 bridgehead atoms. The Labute approximate surface area is 124 Å². The summed E-state index contributed by atoms with van der Waals surface area (Å²) in [6, 6.07) is 2.43. The quantitative estimate of drug-likeness (QED) is 0.824. The number of nitrogens with zero attached hydrogens (tertiary/aromatic N) is 1. The number of carboxylic acid groups (broad SMARTS) is 1. The lowest BCUT2D eigenvalue weighted by atomic mass is 10.1. The van der Waals surface area contributed by atoms with Crippen molar-refractivity contribution in [1.29, 1.82) is 0 Å². The number of carbonyl (C=O) groups is 1. The number of aromatic carboxylic acids is 1. The summed E-state index contributed by atoms with van der Waals surface area (Å²) in [5.41, 5.74) is 4.98. The standard InChI is InChI=1S/C14H15FN2O3S/c1-2-17-7-10(14(19)20)13(18)9-5-8(15)6-11(12(9)17)21-4-3-16/h5-7H,2-4,16H2,1H3,(H,19,20). The molecule has 0 aliphatic carbocycles. The number of halogens is 1. The minimum Gasteiger partial charge on any atom is -0.477 e. The number of hydrogen-bond donors (Lipinski definition) is 2. The smallest absolute Gasteiger partial charge is 0.341 e. The van der Waals surface area contributed by atoms with Crippen LogP contribution in [0, 0.1) is 5.82 Å². The number of carboxylic acids is 1. The number of hydrogen-bond acceptors (Lipinski definition) is 4. The Morgan fingerprint density at radius 1 is 1.48 bits per heavy atom. The van der Waals surface area contributed by atoms with Crippen LogP contribution in [0.25, 0.3) is 10.9 Å². The lowest BCUT2D eigenvalue weighted by molar-refractivity contribution is 0.0695. The van der Waals surface area contributed by atoms with Crippen molar-refractivity contribution >= 4 is 28.6 Å². The largest absolute Gasteiger partial charge is 0.477 e. The van der Waals surface area contributed by atoms with Crippen molar-refractivity contribution < 1.29 is 14.3 Å². The van der Waals surface area contributed by atoms with Gasteiger partial charge >= 0.3 is 5.97 Å². The molecule has 0 aliphatic rings. The first-order chi connectivity index (χ1) is 9.99. The van der Waals surface area contributed by atoms with Crippen LogP contribution in [0.1, 0.15) is 17.3 Å². The van der Waals surface area contributed by atoms with E-state index in [0.717, 1.165) is 6.07 Å². The molecule has 3 N–H and O–H groups in total. The molecule has 1 heterocycles. The predicted molar refractivity (Wildman–Crippen MR) is 80.6 cm³/mol. The van der Waals surface area contributed by atoms with Gasteiger partial charge < -0.3 is 15.4 Å². The summed E-state index contributed by atoms with van der Waals surface area (Å²) < 4.78 is 15.4. The second-order valence-electron chi connectivity index (χ2n) is 4.40. The topological polar surface area (TPSA) is 85.3 Å². The zero-order valence-corrected chi connectivity index (χ0v) is 12.2. The Morgan fingerprint density at radius 3 is 2.76 bits per heavy atom. The lowest BCUT2D eigenvalue weighted by Crippen LogP contribution is -2.19. The van der Waals surface area contributed by atoms with Gasteiger partial charge in [-0.25, -0.2) is 9.18 Å². The molecule has 2 aromatic rings. The van der Waals surface area contributed by atoms with Gasteiger partial charge in [0.2, 0.25) is 5.43 Å². The molecule has 0 saturated heterocycles. The van der Waals surface area contributed by atoms with Crippen molar-refractivity contribution in [2.24, 2.45) is 5.73 Å². The summed E-state index contributed by atoms with van der Waals surface area (Å²) in [4.78, 5) is 24.0. The molecule has 21 heavy (non-hydrogen) atoms. The van der Waals surface area contributed by atoms with Crippen LogP contribution in [-0.2, 0) is 6.54 Å². The van der Waals surface area contributed by atoms with Gasteiger partial charge in [0, 0.05) is 29.9 Å². The Balaban J connectivity index is 2.86. The Morgan fingerprint density at radius 2 is 2.19 bits per heavy atom. The molecule has 0 unspecified atom stereocenters. The molecule has 112 valence electrons. The zero-order valence-electron chi connectivity index (χ0n) is 11.4. The van der Waals surface area contributed by atoms with Gasteiger partial charge in [0.05, 0.1) is 10.9 Å². The van der Waals surface area contributed by atoms with Gasteiger partial charge in [0.1, 0.15) is 11.4 Å². The van der Waals surface area contributed by atoms with Crippen LogP contribution in [0.2, 0.25) is 0 Å². The lowest BCUT2D eigenvalue weighted by Gasteiger charge is -2.14. The van der Waals surface area contributed by atoms with Crippen molar-refractivity contribution in [3.63, 3.8) is 0 Å². The molecule has 0 atom stereocenters. The number of aromatic nitrogens is 1.